The molecule has 6 nitrogen and oxygen atoms in total. The van der Waals surface area contributed by atoms with Crippen LogP contribution in [0.1, 0.15) is 0 Å². The first-order chi connectivity index (χ1) is 5.15. The van der Waals surface area contributed by atoms with Crippen LogP contribution in [0.2, 0.25) is 0 Å². The van der Waals surface area contributed by atoms with Crippen LogP contribution in [0.15, 0.2) is 0 Å². The van der Waals surface area contributed by atoms with E-state index in [1.165, 1.54) is 7.11 Å². The molecule has 0 aromatic heterocycles. The zero-order valence-electron chi connectivity index (χ0n) is 5.71. The lowest BCUT2D eigenvalue weighted by Gasteiger charge is -2.18. The average Bonchev–Trinajstić information content (AvgIpc) is 1.85. The van der Waals surface area contributed by atoms with Crippen molar-refractivity contribution in [1.29, 1.82) is 0 Å². The molecule has 0 saturated carbocycles. The number of nitrogens with one attached hydrogen (secondary N) is 2. The Kier molecular flexibility index (Phi) is 1.86. The van der Waals surface area contributed by atoms with Crippen molar-refractivity contribution in [2.75, 3.05) is 7.11 Å². The lowest BCUT2D eigenvalue weighted by atomic mass is 10.3. The first-order valence-electron chi connectivity index (χ1n) is 2.83. The fraction of sp³-hybridized carbons (Fsp3) is 0.400. The predicted molar refractivity (Wildman–Crippen MR) is 32.5 cm³/mol. The van der Waals surface area contributed by atoms with Gasteiger partial charge in [-0.1, -0.05) is 0 Å². The summed E-state index contributed by atoms with van der Waals surface area (Å²) >= 11 is 0. The molecule has 0 spiro atoms. The van der Waals surface area contributed by atoms with E-state index < -0.39 is 23.9 Å². The van der Waals surface area contributed by atoms with Gasteiger partial charge in [-0.3, -0.25) is 20.2 Å². The standard InChI is InChI=1S/C5H6N2O4/c1-11-2-3(8)6-5(10)7-4(2)9/h2H,1H3,(H2,6,7,8,9,10). The van der Waals surface area contributed by atoms with Gasteiger partial charge >= 0.3 is 6.03 Å². The van der Waals surface area contributed by atoms with E-state index in [1.807, 2.05) is 10.6 Å². The first-order valence-corrected chi connectivity index (χ1v) is 2.83. The van der Waals surface area contributed by atoms with Gasteiger partial charge in [0.2, 0.25) is 6.10 Å². The van der Waals surface area contributed by atoms with Crippen molar-refractivity contribution in [3.63, 3.8) is 0 Å². The van der Waals surface area contributed by atoms with Crippen molar-refractivity contribution < 1.29 is 19.1 Å². The molecule has 1 aliphatic heterocycles. The molecule has 1 fully saturated rings. The molecule has 6 heteroatoms. The number of urea groups is 1. The molecule has 0 aromatic carbocycles. The molecule has 4 amide bonds. The number of hydrogen-bond donors (Lipinski definition) is 2. The van der Waals surface area contributed by atoms with Crippen LogP contribution in [0.5, 0.6) is 0 Å². The SMILES string of the molecule is COC1C(=O)NC(=O)NC1=O. The van der Waals surface area contributed by atoms with Crippen LogP contribution in [0.3, 0.4) is 0 Å². The Bertz CT molecular complexity index is 205. The van der Waals surface area contributed by atoms with Crippen LogP contribution in [0.25, 0.3) is 0 Å². The van der Waals surface area contributed by atoms with Crippen LogP contribution in [-0.2, 0) is 14.3 Å². The predicted octanol–water partition coefficient (Wildman–Crippen LogP) is -1.63. The fourth-order valence-corrected chi connectivity index (χ4v) is 0.719. The van der Waals surface area contributed by atoms with E-state index in [4.69, 9.17) is 0 Å². The molecule has 11 heavy (non-hydrogen) atoms. The van der Waals surface area contributed by atoms with E-state index in [0.29, 0.717) is 0 Å². The van der Waals surface area contributed by atoms with Crippen molar-refractivity contribution in [3.8, 4) is 0 Å². The van der Waals surface area contributed by atoms with E-state index >= 15 is 0 Å². The van der Waals surface area contributed by atoms with E-state index in [0.717, 1.165) is 0 Å². The number of amides is 4. The average molecular weight is 158 g/mol. The van der Waals surface area contributed by atoms with E-state index in [9.17, 15) is 14.4 Å². The highest BCUT2D eigenvalue weighted by atomic mass is 16.5. The molecule has 0 radical (unpaired) electrons. The second-order valence-electron chi connectivity index (χ2n) is 1.92. The van der Waals surface area contributed by atoms with Crippen molar-refractivity contribution in [3.05, 3.63) is 0 Å². The largest absolute Gasteiger partial charge is 0.362 e. The summed E-state index contributed by atoms with van der Waals surface area (Å²) in [7, 11) is 1.21. The van der Waals surface area contributed by atoms with E-state index in [1.54, 1.807) is 0 Å². The van der Waals surface area contributed by atoms with Crippen molar-refractivity contribution >= 4 is 17.8 Å². The second-order valence-corrected chi connectivity index (χ2v) is 1.92. The summed E-state index contributed by atoms with van der Waals surface area (Å²) in [5, 5.41) is 3.75. The third-order valence-corrected chi connectivity index (χ3v) is 1.19. The Morgan fingerprint density at radius 2 is 1.64 bits per heavy atom. The smallest absolute Gasteiger partial charge is 0.328 e. The monoisotopic (exact) mass is 158 g/mol. The minimum atomic E-state index is -1.22. The van der Waals surface area contributed by atoms with Gasteiger partial charge in [-0.2, -0.15) is 0 Å². The lowest BCUT2D eigenvalue weighted by molar-refractivity contribution is -0.143. The zero-order valence-corrected chi connectivity index (χ0v) is 5.71. The van der Waals surface area contributed by atoms with Gasteiger partial charge in [-0.05, 0) is 0 Å². The number of barbiturate groups is 1. The fourth-order valence-electron chi connectivity index (χ4n) is 0.719. The molecule has 2 N–H and O–H groups in total. The molecule has 1 heterocycles. The molecule has 0 aliphatic carbocycles. The second kappa shape index (κ2) is 2.67. The summed E-state index contributed by atoms with van der Waals surface area (Å²) in [4.78, 5) is 31.9. The molecule has 0 atom stereocenters. The summed E-state index contributed by atoms with van der Waals surface area (Å²) in [5.74, 6) is -1.47. The van der Waals surface area contributed by atoms with Crippen LogP contribution >= 0.6 is 0 Å². The summed E-state index contributed by atoms with van der Waals surface area (Å²) in [6.07, 6.45) is -1.22. The Hall–Kier alpha value is -1.43. The molecular formula is C5H6N2O4. The molecule has 1 rings (SSSR count). The van der Waals surface area contributed by atoms with E-state index in [2.05, 4.69) is 4.74 Å². The van der Waals surface area contributed by atoms with Crippen LogP contribution in [0, 0.1) is 0 Å². The van der Waals surface area contributed by atoms with Crippen molar-refractivity contribution in [2.24, 2.45) is 0 Å². The molecule has 0 aromatic rings. The van der Waals surface area contributed by atoms with Gasteiger partial charge in [-0.15, -0.1) is 0 Å². The molecule has 1 saturated heterocycles. The maximum Gasteiger partial charge on any atom is 0.328 e. The Labute approximate surface area is 61.9 Å². The van der Waals surface area contributed by atoms with Gasteiger partial charge in [0.25, 0.3) is 11.8 Å². The van der Waals surface area contributed by atoms with Gasteiger partial charge in [0.05, 0.1) is 0 Å². The number of ether oxygens (including phenoxy) is 1. The molecule has 0 unspecified atom stereocenters. The van der Waals surface area contributed by atoms with Crippen molar-refractivity contribution in [2.45, 2.75) is 6.10 Å². The summed E-state index contributed by atoms with van der Waals surface area (Å²) < 4.78 is 4.49. The Morgan fingerprint density at radius 1 is 1.18 bits per heavy atom. The number of carbonyl (C=O) groups is 3. The maximum absolute atomic E-state index is 10.7. The lowest BCUT2D eigenvalue weighted by Crippen LogP contribution is -2.59. The number of carbonyl (C=O) groups excluding carboxylic acids is 3. The zero-order chi connectivity index (χ0) is 8.43. The Balaban J connectivity index is 2.74. The highest BCUT2D eigenvalue weighted by Gasteiger charge is 2.33. The summed E-state index contributed by atoms with van der Waals surface area (Å²) in [5.41, 5.74) is 0. The number of methoxy groups -OCH3 is 1. The van der Waals surface area contributed by atoms with Gasteiger partial charge in [0.1, 0.15) is 0 Å². The Morgan fingerprint density at radius 3 is 2.00 bits per heavy atom. The number of hydrogen-bond acceptors (Lipinski definition) is 4. The quantitative estimate of drug-likeness (QED) is 0.448. The summed E-state index contributed by atoms with van der Waals surface area (Å²) in [6.45, 7) is 0. The number of rotatable bonds is 1. The van der Waals surface area contributed by atoms with Gasteiger partial charge < -0.3 is 4.74 Å². The van der Waals surface area contributed by atoms with Gasteiger partial charge in [0, 0.05) is 7.11 Å². The number of imide groups is 2. The molecule has 1 aliphatic rings. The highest BCUT2D eigenvalue weighted by Crippen LogP contribution is 1.94. The van der Waals surface area contributed by atoms with Crippen LogP contribution in [0.4, 0.5) is 4.79 Å². The highest BCUT2D eigenvalue weighted by molar-refractivity contribution is 6.18. The van der Waals surface area contributed by atoms with Gasteiger partial charge in [0.15, 0.2) is 0 Å². The molecular weight excluding hydrogens is 152 g/mol. The topological polar surface area (TPSA) is 84.5 Å². The third kappa shape index (κ3) is 1.35. The molecule has 0 bridgehead atoms. The third-order valence-electron chi connectivity index (χ3n) is 1.19. The normalized spacial score (nSPS) is 19.5. The van der Waals surface area contributed by atoms with Crippen molar-refractivity contribution in [1.82, 2.24) is 10.6 Å². The minimum Gasteiger partial charge on any atom is -0.362 e. The minimum absolute atomic E-state index is 0.735. The maximum atomic E-state index is 10.7. The molecule has 60 valence electrons. The van der Waals surface area contributed by atoms with E-state index in [-0.39, 0.29) is 0 Å². The van der Waals surface area contributed by atoms with Crippen LogP contribution in [-0.4, -0.2) is 31.1 Å². The summed E-state index contributed by atoms with van der Waals surface area (Å²) in [6, 6.07) is -0.812. The first kappa shape index (κ1) is 7.67. The van der Waals surface area contributed by atoms with Gasteiger partial charge in [-0.25, -0.2) is 4.79 Å². The van der Waals surface area contributed by atoms with Crippen LogP contribution < -0.4 is 10.6 Å².